The monoisotopic (exact) mass is 713 g/mol. The molecule has 7 aromatic rings. The number of carbonyl (C=O) groups is 2. The Morgan fingerprint density at radius 1 is 0.698 bits per heavy atom. The largest absolute Gasteiger partial charge is 0.416 e. The lowest BCUT2D eigenvalue weighted by Gasteiger charge is -2.17. The molecule has 0 aliphatic rings. The molecule has 53 heavy (non-hydrogen) atoms. The van der Waals surface area contributed by atoms with Crippen molar-refractivity contribution in [1.82, 2.24) is 35.6 Å². The summed E-state index contributed by atoms with van der Waals surface area (Å²) in [4.78, 5) is 46.7. The van der Waals surface area contributed by atoms with Crippen LogP contribution in [0.2, 0.25) is 0 Å². The van der Waals surface area contributed by atoms with Crippen LogP contribution >= 0.6 is 0 Å². The van der Waals surface area contributed by atoms with Crippen molar-refractivity contribution >= 4 is 33.9 Å². The molecule has 2 amide bonds. The van der Waals surface area contributed by atoms with Crippen LogP contribution in [0.5, 0.6) is 0 Å². The van der Waals surface area contributed by atoms with Crippen LogP contribution in [0, 0.1) is 13.8 Å². The van der Waals surface area contributed by atoms with E-state index in [0.29, 0.717) is 45.9 Å². The highest BCUT2D eigenvalue weighted by Gasteiger charge is 2.31. The molecule has 2 aromatic carbocycles. The number of benzene rings is 2. The maximum atomic E-state index is 12.9. The van der Waals surface area contributed by atoms with Crippen LogP contribution in [0.3, 0.4) is 0 Å². The Balaban J connectivity index is 0.000000182. The molecule has 0 fully saturated rings. The van der Waals surface area contributed by atoms with Crippen LogP contribution in [-0.2, 0) is 12.7 Å². The third-order valence-electron chi connectivity index (χ3n) is 8.46. The molecule has 1 atom stereocenters. The number of aromatic nitrogens is 5. The summed E-state index contributed by atoms with van der Waals surface area (Å²) in [6.07, 6.45) is 0.675. The van der Waals surface area contributed by atoms with Crippen molar-refractivity contribution in [3.8, 4) is 11.3 Å². The number of amides is 2. The number of nitrogens with one attached hydrogen (secondary N) is 2. The Morgan fingerprint density at radius 2 is 1.32 bits per heavy atom. The number of aryl methyl sites for hydroxylation is 2. The molecule has 5 aromatic heterocycles. The molecule has 0 bridgehead atoms. The van der Waals surface area contributed by atoms with Gasteiger partial charge in [-0.3, -0.25) is 14.6 Å². The van der Waals surface area contributed by atoms with Gasteiger partial charge in [0.25, 0.3) is 11.8 Å². The first-order chi connectivity index (χ1) is 25.5. The van der Waals surface area contributed by atoms with Crippen molar-refractivity contribution in [2.75, 3.05) is 0 Å². The molecule has 7 rings (SSSR count). The lowest BCUT2D eigenvalue weighted by atomic mass is 10.0. The van der Waals surface area contributed by atoms with E-state index in [4.69, 9.17) is 0 Å². The Kier molecular flexibility index (Phi) is 10.8. The van der Waals surface area contributed by atoms with Crippen LogP contribution in [0.4, 0.5) is 13.2 Å². The van der Waals surface area contributed by atoms with E-state index in [0.717, 1.165) is 39.7 Å². The number of carbonyl (C=O) groups excluding carboxylic acids is 2. The second-order valence-corrected chi connectivity index (χ2v) is 12.3. The molecule has 5 heterocycles. The Labute approximate surface area is 303 Å². The van der Waals surface area contributed by atoms with Crippen molar-refractivity contribution in [1.29, 1.82) is 0 Å². The number of hydrogen-bond donors (Lipinski definition) is 2. The number of hydrogen-bond acceptors (Lipinski definition) is 7. The summed E-state index contributed by atoms with van der Waals surface area (Å²) >= 11 is 0. The summed E-state index contributed by atoms with van der Waals surface area (Å²) in [5, 5.41) is 7.24. The molecule has 266 valence electrons. The summed E-state index contributed by atoms with van der Waals surface area (Å²) in [5.74, 6) is -0.552. The van der Waals surface area contributed by atoms with Gasteiger partial charge in [0.05, 0.1) is 39.8 Å². The van der Waals surface area contributed by atoms with E-state index in [2.05, 4.69) is 35.6 Å². The van der Waals surface area contributed by atoms with Gasteiger partial charge in [0.15, 0.2) is 11.3 Å². The van der Waals surface area contributed by atoms with Gasteiger partial charge in [0, 0.05) is 41.5 Å². The fraction of sp³-hybridized carbons (Fsp3) is 0.146. The normalized spacial score (nSPS) is 11.7. The highest BCUT2D eigenvalue weighted by atomic mass is 19.4. The van der Waals surface area contributed by atoms with Crippen LogP contribution in [0.15, 0.2) is 122 Å². The lowest BCUT2D eigenvalue weighted by molar-refractivity contribution is -0.137. The van der Waals surface area contributed by atoms with Crippen molar-refractivity contribution in [3.05, 3.63) is 161 Å². The standard InChI is InChI=1S/C22H18N4O.C19H16F3N3O/c1-15-19(12-18-8-5-11-23-21(18)26-15)22(27)25-14-16-9-10-20(24-13-16)17-6-3-2-4-7-17;1-11(13-5-3-7-15(9-13)19(20,21)22)25-18(26)16-10-14-6-4-8-23-17(14)24-12(16)2/h2-13H,14H2,1H3,(H,25,27);3-11H,1-2H3,(H,25,26). The van der Waals surface area contributed by atoms with Gasteiger partial charge in [-0.15, -0.1) is 0 Å². The van der Waals surface area contributed by atoms with Gasteiger partial charge in [-0.05, 0) is 86.5 Å². The molecule has 2 N–H and O–H groups in total. The molecule has 0 saturated carbocycles. The third-order valence-corrected chi connectivity index (χ3v) is 8.46. The van der Waals surface area contributed by atoms with Gasteiger partial charge in [-0.25, -0.2) is 19.9 Å². The summed E-state index contributed by atoms with van der Waals surface area (Å²) in [6.45, 7) is 5.56. The molecule has 0 aliphatic heterocycles. The Hall–Kier alpha value is -6.56. The van der Waals surface area contributed by atoms with E-state index in [1.165, 1.54) is 6.07 Å². The number of nitrogens with zero attached hydrogens (tertiary/aromatic N) is 5. The first kappa shape index (κ1) is 36.2. The molecular weight excluding hydrogens is 679 g/mol. The minimum Gasteiger partial charge on any atom is -0.348 e. The quantitative estimate of drug-likeness (QED) is 0.170. The summed E-state index contributed by atoms with van der Waals surface area (Å²) in [7, 11) is 0. The fourth-order valence-electron chi connectivity index (χ4n) is 5.58. The Morgan fingerprint density at radius 3 is 1.91 bits per heavy atom. The molecule has 0 spiro atoms. The average molecular weight is 714 g/mol. The first-order valence-corrected chi connectivity index (χ1v) is 16.7. The molecular formula is C41H34F3N7O2. The van der Waals surface area contributed by atoms with Gasteiger partial charge in [-0.1, -0.05) is 48.5 Å². The number of fused-ring (bicyclic) bond motifs is 2. The van der Waals surface area contributed by atoms with Crippen molar-refractivity contribution < 1.29 is 22.8 Å². The number of alkyl halides is 3. The smallest absolute Gasteiger partial charge is 0.348 e. The molecule has 12 heteroatoms. The summed E-state index contributed by atoms with van der Waals surface area (Å²) < 4.78 is 38.6. The van der Waals surface area contributed by atoms with Gasteiger partial charge in [0.1, 0.15) is 0 Å². The molecule has 1 unspecified atom stereocenters. The predicted molar refractivity (Wildman–Crippen MR) is 197 cm³/mol. The average Bonchev–Trinajstić information content (AvgIpc) is 3.17. The van der Waals surface area contributed by atoms with E-state index < -0.39 is 23.7 Å². The van der Waals surface area contributed by atoms with E-state index in [1.54, 1.807) is 56.7 Å². The van der Waals surface area contributed by atoms with E-state index in [-0.39, 0.29) is 5.91 Å². The van der Waals surface area contributed by atoms with E-state index in [1.807, 2.05) is 67.6 Å². The SMILES string of the molecule is Cc1nc2ncccc2cc1C(=O)NC(C)c1cccc(C(F)(F)F)c1.Cc1nc2ncccc2cc1C(=O)NCc1ccc(-c2ccccc2)nc1. The first-order valence-electron chi connectivity index (χ1n) is 16.7. The van der Waals surface area contributed by atoms with E-state index in [9.17, 15) is 22.8 Å². The van der Waals surface area contributed by atoms with Gasteiger partial charge >= 0.3 is 6.18 Å². The maximum absolute atomic E-state index is 12.9. The van der Waals surface area contributed by atoms with Crippen LogP contribution < -0.4 is 10.6 Å². The highest BCUT2D eigenvalue weighted by Crippen LogP contribution is 2.31. The van der Waals surface area contributed by atoms with E-state index >= 15 is 0 Å². The van der Waals surface area contributed by atoms with Gasteiger partial charge < -0.3 is 10.6 Å². The van der Waals surface area contributed by atoms with Crippen molar-refractivity contribution in [2.24, 2.45) is 0 Å². The van der Waals surface area contributed by atoms with Crippen LogP contribution in [0.1, 0.15) is 61.8 Å². The number of rotatable bonds is 7. The molecule has 9 nitrogen and oxygen atoms in total. The summed E-state index contributed by atoms with van der Waals surface area (Å²) in [6, 6.07) is 29.1. The predicted octanol–water partition coefficient (Wildman–Crippen LogP) is 8.38. The molecule has 0 aliphatic carbocycles. The summed E-state index contributed by atoms with van der Waals surface area (Å²) in [5.41, 5.74) is 5.82. The number of halogens is 3. The number of pyridine rings is 5. The van der Waals surface area contributed by atoms with Crippen LogP contribution in [-0.4, -0.2) is 36.7 Å². The zero-order valence-corrected chi connectivity index (χ0v) is 29.0. The van der Waals surface area contributed by atoms with Gasteiger partial charge in [-0.2, -0.15) is 13.2 Å². The second-order valence-electron chi connectivity index (χ2n) is 12.3. The maximum Gasteiger partial charge on any atom is 0.416 e. The zero-order valence-electron chi connectivity index (χ0n) is 29.0. The topological polar surface area (TPSA) is 123 Å². The molecule has 0 saturated heterocycles. The minimum atomic E-state index is -4.43. The van der Waals surface area contributed by atoms with Crippen LogP contribution in [0.25, 0.3) is 33.3 Å². The molecule has 0 radical (unpaired) electrons. The van der Waals surface area contributed by atoms with Gasteiger partial charge in [0.2, 0.25) is 0 Å². The highest BCUT2D eigenvalue weighted by molar-refractivity contribution is 5.99. The Bertz CT molecular complexity index is 2400. The zero-order chi connectivity index (χ0) is 37.5. The fourth-order valence-corrected chi connectivity index (χ4v) is 5.58. The second kappa shape index (κ2) is 15.8. The lowest BCUT2D eigenvalue weighted by Crippen LogP contribution is -2.27. The minimum absolute atomic E-state index is 0.155. The van der Waals surface area contributed by atoms with Crippen molar-refractivity contribution in [2.45, 2.75) is 39.5 Å². The van der Waals surface area contributed by atoms with Crippen molar-refractivity contribution in [3.63, 3.8) is 0 Å². The third kappa shape index (κ3) is 8.85.